The lowest BCUT2D eigenvalue weighted by molar-refractivity contribution is 0.405. The first-order valence-electron chi connectivity index (χ1n) is 15.3. The number of hydrogen-bond acceptors (Lipinski definition) is 2. The van der Waals surface area contributed by atoms with Crippen LogP contribution in [0, 0.1) is 0 Å². The Hall–Kier alpha value is -1.70. The summed E-state index contributed by atoms with van der Waals surface area (Å²) in [6.07, 6.45) is 24.8. The standard InChI is InChI=1S/C33H54N2/c1-4-6-8-10-12-13-14-15-16-17-19-27-33(3)34-30-25-21-23-29-24-22-26-31(32(29)30)35(33)28-20-18-11-9-7-5-2/h21-26,34H,4-20,27-28H2,1-3H3. The topological polar surface area (TPSA) is 15.3 Å². The molecule has 196 valence electrons. The van der Waals surface area contributed by atoms with Crippen LogP contribution in [0.5, 0.6) is 0 Å². The molecule has 0 saturated carbocycles. The van der Waals surface area contributed by atoms with E-state index in [1.807, 2.05) is 0 Å². The van der Waals surface area contributed by atoms with Gasteiger partial charge in [-0.1, -0.05) is 134 Å². The maximum Gasteiger partial charge on any atom is 0.107 e. The highest BCUT2D eigenvalue weighted by molar-refractivity contribution is 6.05. The summed E-state index contributed by atoms with van der Waals surface area (Å²) >= 11 is 0. The maximum atomic E-state index is 4.01. The van der Waals surface area contributed by atoms with E-state index in [2.05, 4.69) is 67.4 Å². The molecule has 0 aliphatic carbocycles. The van der Waals surface area contributed by atoms with Crippen LogP contribution in [0.2, 0.25) is 0 Å². The van der Waals surface area contributed by atoms with Crippen molar-refractivity contribution in [2.24, 2.45) is 0 Å². The fourth-order valence-electron chi connectivity index (χ4n) is 6.02. The van der Waals surface area contributed by atoms with Crippen LogP contribution in [0.3, 0.4) is 0 Å². The number of benzene rings is 2. The van der Waals surface area contributed by atoms with Gasteiger partial charge in [0.1, 0.15) is 5.66 Å². The second-order valence-electron chi connectivity index (χ2n) is 11.3. The summed E-state index contributed by atoms with van der Waals surface area (Å²) in [5, 5.41) is 6.78. The van der Waals surface area contributed by atoms with E-state index in [4.69, 9.17) is 0 Å². The molecule has 0 aromatic heterocycles. The van der Waals surface area contributed by atoms with Gasteiger partial charge in [0.2, 0.25) is 0 Å². The minimum Gasteiger partial charge on any atom is -0.362 e. The van der Waals surface area contributed by atoms with Crippen LogP contribution in [-0.2, 0) is 0 Å². The van der Waals surface area contributed by atoms with Gasteiger partial charge >= 0.3 is 0 Å². The van der Waals surface area contributed by atoms with E-state index in [-0.39, 0.29) is 5.66 Å². The van der Waals surface area contributed by atoms with Gasteiger partial charge in [0.25, 0.3) is 0 Å². The van der Waals surface area contributed by atoms with Gasteiger partial charge < -0.3 is 10.2 Å². The minimum atomic E-state index is 0.00529. The van der Waals surface area contributed by atoms with E-state index >= 15 is 0 Å². The Morgan fingerprint density at radius 2 is 1.14 bits per heavy atom. The summed E-state index contributed by atoms with van der Waals surface area (Å²) in [4.78, 5) is 2.72. The Kier molecular flexibility index (Phi) is 12.3. The van der Waals surface area contributed by atoms with E-state index < -0.39 is 0 Å². The molecule has 0 spiro atoms. The third-order valence-corrected chi connectivity index (χ3v) is 8.18. The second-order valence-corrected chi connectivity index (χ2v) is 11.3. The summed E-state index contributed by atoms with van der Waals surface area (Å²) in [7, 11) is 0. The van der Waals surface area contributed by atoms with Gasteiger partial charge in [-0.3, -0.25) is 0 Å². The third kappa shape index (κ3) is 8.43. The lowest BCUT2D eigenvalue weighted by atomic mass is 9.93. The van der Waals surface area contributed by atoms with Crippen molar-refractivity contribution in [3.8, 4) is 0 Å². The first-order chi connectivity index (χ1) is 17.2. The smallest absolute Gasteiger partial charge is 0.107 e. The van der Waals surface area contributed by atoms with Crippen LogP contribution in [0.25, 0.3) is 10.8 Å². The van der Waals surface area contributed by atoms with Gasteiger partial charge in [-0.25, -0.2) is 0 Å². The van der Waals surface area contributed by atoms with Gasteiger partial charge in [0.15, 0.2) is 0 Å². The molecule has 0 saturated heterocycles. The van der Waals surface area contributed by atoms with Crippen molar-refractivity contribution >= 4 is 22.1 Å². The van der Waals surface area contributed by atoms with Crippen molar-refractivity contribution in [3.63, 3.8) is 0 Å². The highest BCUT2D eigenvalue weighted by Crippen LogP contribution is 2.43. The first-order valence-corrected chi connectivity index (χ1v) is 15.3. The molecule has 0 radical (unpaired) electrons. The van der Waals surface area contributed by atoms with Gasteiger partial charge in [0.05, 0.1) is 0 Å². The average Bonchev–Trinajstić information content (AvgIpc) is 2.86. The number of nitrogens with one attached hydrogen (secondary N) is 1. The lowest BCUT2D eigenvalue weighted by Crippen LogP contribution is -2.55. The highest BCUT2D eigenvalue weighted by atomic mass is 15.3. The number of rotatable bonds is 19. The Morgan fingerprint density at radius 3 is 1.74 bits per heavy atom. The highest BCUT2D eigenvalue weighted by Gasteiger charge is 2.36. The summed E-state index contributed by atoms with van der Waals surface area (Å²) in [6, 6.07) is 13.6. The van der Waals surface area contributed by atoms with E-state index in [0.717, 1.165) is 6.54 Å². The minimum absolute atomic E-state index is 0.00529. The van der Waals surface area contributed by atoms with Crippen LogP contribution in [0.4, 0.5) is 11.4 Å². The van der Waals surface area contributed by atoms with E-state index in [1.54, 1.807) is 0 Å². The summed E-state index contributed by atoms with van der Waals surface area (Å²) < 4.78 is 0. The van der Waals surface area contributed by atoms with Crippen molar-refractivity contribution in [1.29, 1.82) is 0 Å². The van der Waals surface area contributed by atoms with E-state index in [1.165, 1.54) is 138 Å². The fourth-order valence-corrected chi connectivity index (χ4v) is 6.02. The summed E-state index contributed by atoms with van der Waals surface area (Å²) in [5.74, 6) is 0. The molecule has 1 atom stereocenters. The molecular formula is C33H54N2. The summed E-state index contributed by atoms with van der Waals surface area (Å²) in [6.45, 7) is 8.21. The van der Waals surface area contributed by atoms with E-state index in [9.17, 15) is 0 Å². The molecule has 35 heavy (non-hydrogen) atoms. The van der Waals surface area contributed by atoms with Gasteiger partial charge in [-0.15, -0.1) is 0 Å². The Bertz CT molecular complexity index is 839. The SMILES string of the molecule is CCCCCCCCCCCCCC1(C)Nc2cccc3cccc(c23)N1CCCCCCCC. The zero-order chi connectivity index (χ0) is 24.8. The van der Waals surface area contributed by atoms with Crippen molar-refractivity contribution in [3.05, 3.63) is 36.4 Å². The Balaban J connectivity index is 1.51. The summed E-state index contributed by atoms with van der Waals surface area (Å²) in [5.41, 5.74) is 2.77. The molecule has 1 heterocycles. The molecule has 2 aromatic carbocycles. The predicted octanol–water partition coefficient (Wildman–Crippen LogP) is 10.8. The zero-order valence-electron chi connectivity index (χ0n) is 23.3. The first kappa shape index (κ1) is 27.9. The van der Waals surface area contributed by atoms with Crippen LogP contribution in [0.1, 0.15) is 136 Å². The van der Waals surface area contributed by atoms with Crippen molar-refractivity contribution in [2.45, 2.75) is 142 Å². The molecule has 0 amide bonds. The molecular weight excluding hydrogens is 424 g/mol. The average molecular weight is 479 g/mol. The maximum absolute atomic E-state index is 4.01. The van der Waals surface area contributed by atoms with Crippen molar-refractivity contribution in [2.75, 3.05) is 16.8 Å². The normalized spacial score (nSPS) is 17.2. The number of nitrogens with zero attached hydrogens (tertiary/aromatic N) is 1. The molecule has 2 heteroatoms. The third-order valence-electron chi connectivity index (χ3n) is 8.18. The van der Waals surface area contributed by atoms with Crippen LogP contribution < -0.4 is 10.2 Å². The van der Waals surface area contributed by atoms with Crippen molar-refractivity contribution in [1.82, 2.24) is 0 Å². The number of hydrogen-bond donors (Lipinski definition) is 1. The Morgan fingerprint density at radius 1 is 0.629 bits per heavy atom. The van der Waals surface area contributed by atoms with Gasteiger partial charge in [-0.05, 0) is 43.7 Å². The van der Waals surface area contributed by atoms with E-state index in [0.29, 0.717) is 0 Å². The largest absolute Gasteiger partial charge is 0.362 e. The van der Waals surface area contributed by atoms with Crippen LogP contribution >= 0.6 is 0 Å². The van der Waals surface area contributed by atoms with Crippen LogP contribution in [-0.4, -0.2) is 12.2 Å². The molecule has 2 aromatic rings. The quantitative estimate of drug-likeness (QED) is 0.202. The van der Waals surface area contributed by atoms with Gasteiger partial charge in [-0.2, -0.15) is 0 Å². The second kappa shape index (κ2) is 15.4. The zero-order valence-corrected chi connectivity index (χ0v) is 23.3. The monoisotopic (exact) mass is 478 g/mol. The molecule has 3 rings (SSSR count). The Labute approximate surface area is 217 Å². The molecule has 2 nitrogen and oxygen atoms in total. The molecule has 1 unspecified atom stereocenters. The lowest BCUT2D eigenvalue weighted by Gasteiger charge is -2.48. The fraction of sp³-hybridized carbons (Fsp3) is 0.697. The molecule has 0 fully saturated rings. The molecule has 1 N–H and O–H groups in total. The molecule has 1 aliphatic rings. The molecule has 1 aliphatic heterocycles. The van der Waals surface area contributed by atoms with Crippen molar-refractivity contribution < 1.29 is 0 Å². The predicted molar refractivity (Wildman–Crippen MR) is 158 cm³/mol. The van der Waals surface area contributed by atoms with Crippen LogP contribution in [0.15, 0.2) is 36.4 Å². The molecule has 0 bridgehead atoms. The van der Waals surface area contributed by atoms with Gasteiger partial charge in [0, 0.05) is 23.3 Å². The number of unbranched alkanes of at least 4 members (excludes halogenated alkanes) is 15. The number of anilines is 2.